The maximum atomic E-state index is 12.0. The largest absolute Gasteiger partial charge is 0.472 e. The average molecular weight is 304 g/mol. The maximum Gasteiger partial charge on any atom is 0.338 e. The molecule has 0 aliphatic rings. The number of hydrogen-bond donors (Lipinski definition) is 1. The molecule has 0 spiro atoms. The van der Waals surface area contributed by atoms with Gasteiger partial charge in [-0.3, -0.25) is 0 Å². The highest BCUT2D eigenvalue weighted by molar-refractivity contribution is 7.78. The summed E-state index contributed by atoms with van der Waals surface area (Å²) in [7, 11) is 0. The van der Waals surface area contributed by atoms with Crippen LogP contribution in [0.1, 0.15) is 28.4 Å². The molecule has 0 saturated carbocycles. The molecule has 1 aromatic carbocycles. The van der Waals surface area contributed by atoms with Gasteiger partial charge in [0.15, 0.2) is 0 Å². The number of esters is 1. The van der Waals surface area contributed by atoms with Gasteiger partial charge in [-0.25, -0.2) is 8.88 Å². The number of rotatable bonds is 6. The van der Waals surface area contributed by atoms with Crippen LogP contribution in [0.4, 0.5) is 0 Å². The number of thiol groups is 1. The summed E-state index contributed by atoms with van der Waals surface area (Å²) in [5.74, 6) is 0.0539. The number of hydrogen-bond acceptors (Lipinski definition) is 5. The number of ether oxygens (including phenoxy) is 2. The van der Waals surface area contributed by atoms with Crippen molar-refractivity contribution in [2.75, 3.05) is 6.61 Å². The van der Waals surface area contributed by atoms with Gasteiger partial charge in [-0.15, -0.1) is 5.10 Å². The van der Waals surface area contributed by atoms with E-state index in [0.717, 1.165) is 11.1 Å². The van der Waals surface area contributed by atoms with Crippen LogP contribution in [0, 0.1) is 0 Å². The lowest BCUT2D eigenvalue weighted by Gasteiger charge is -2.12. The first-order valence-corrected chi connectivity index (χ1v) is 6.85. The lowest BCUT2D eigenvalue weighted by Crippen LogP contribution is -2.11. The SMILES string of the molecule is C=Cc1cccc(C(=O)OCC)c1COc1ccn(S)n1. The summed E-state index contributed by atoms with van der Waals surface area (Å²) in [4.78, 5) is 12.0. The second-order valence-corrected chi connectivity index (χ2v) is 4.57. The van der Waals surface area contributed by atoms with E-state index in [0.29, 0.717) is 18.1 Å². The predicted octanol–water partition coefficient (Wildman–Crippen LogP) is 2.97. The molecule has 0 radical (unpaired) electrons. The molecule has 21 heavy (non-hydrogen) atoms. The lowest BCUT2D eigenvalue weighted by atomic mass is 10.0. The van der Waals surface area contributed by atoms with E-state index >= 15 is 0 Å². The Kier molecular flexibility index (Phi) is 5.05. The minimum absolute atomic E-state index is 0.196. The molecule has 1 heterocycles. The van der Waals surface area contributed by atoms with E-state index in [2.05, 4.69) is 24.5 Å². The molecule has 2 rings (SSSR count). The Labute approximate surface area is 128 Å². The van der Waals surface area contributed by atoms with Crippen molar-refractivity contribution in [2.24, 2.45) is 0 Å². The van der Waals surface area contributed by atoms with Gasteiger partial charge in [0.05, 0.1) is 12.2 Å². The quantitative estimate of drug-likeness (QED) is 0.658. The second-order valence-electron chi connectivity index (χ2n) is 4.16. The van der Waals surface area contributed by atoms with Crippen molar-refractivity contribution >= 4 is 24.9 Å². The first-order valence-electron chi connectivity index (χ1n) is 6.45. The van der Waals surface area contributed by atoms with E-state index in [-0.39, 0.29) is 12.6 Å². The Hall–Kier alpha value is -2.21. The topological polar surface area (TPSA) is 53.4 Å². The summed E-state index contributed by atoms with van der Waals surface area (Å²) in [5, 5.41) is 4.01. The van der Waals surface area contributed by atoms with E-state index in [4.69, 9.17) is 9.47 Å². The summed E-state index contributed by atoms with van der Waals surface area (Å²) in [6.07, 6.45) is 3.34. The third-order valence-electron chi connectivity index (χ3n) is 2.84. The van der Waals surface area contributed by atoms with Crippen molar-refractivity contribution in [3.05, 3.63) is 53.7 Å². The van der Waals surface area contributed by atoms with Gasteiger partial charge in [-0.1, -0.05) is 24.8 Å². The molecule has 6 heteroatoms. The fourth-order valence-corrected chi connectivity index (χ4v) is 2.03. The summed E-state index contributed by atoms with van der Waals surface area (Å²) in [6.45, 7) is 6.04. The maximum absolute atomic E-state index is 12.0. The molecule has 0 saturated heterocycles. The molecule has 0 amide bonds. The Morgan fingerprint density at radius 2 is 2.29 bits per heavy atom. The van der Waals surface area contributed by atoms with Gasteiger partial charge in [-0.05, 0) is 31.4 Å². The third-order valence-corrected chi connectivity index (χ3v) is 3.07. The van der Waals surface area contributed by atoms with E-state index in [1.54, 1.807) is 37.4 Å². The molecule has 1 aromatic heterocycles. The highest BCUT2D eigenvalue weighted by Crippen LogP contribution is 2.20. The summed E-state index contributed by atoms with van der Waals surface area (Å²) in [5.41, 5.74) is 2.02. The molecule has 0 aliphatic heterocycles. The monoisotopic (exact) mass is 304 g/mol. The highest BCUT2D eigenvalue weighted by atomic mass is 32.1. The molecule has 110 valence electrons. The van der Waals surface area contributed by atoms with Crippen molar-refractivity contribution in [3.8, 4) is 5.88 Å². The van der Waals surface area contributed by atoms with Gasteiger partial charge in [0.25, 0.3) is 0 Å². The van der Waals surface area contributed by atoms with Gasteiger partial charge in [0.1, 0.15) is 6.61 Å². The van der Waals surface area contributed by atoms with E-state index < -0.39 is 0 Å². The number of benzene rings is 1. The lowest BCUT2D eigenvalue weighted by molar-refractivity contribution is 0.0523. The predicted molar refractivity (Wildman–Crippen MR) is 83.4 cm³/mol. The van der Waals surface area contributed by atoms with E-state index in [1.165, 1.54) is 4.09 Å². The molecule has 0 unspecified atom stereocenters. The van der Waals surface area contributed by atoms with Gasteiger partial charge in [0, 0.05) is 17.8 Å². The normalized spacial score (nSPS) is 10.2. The minimum Gasteiger partial charge on any atom is -0.472 e. The first-order chi connectivity index (χ1) is 10.2. The van der Waals surface area contributed by atoms with Crippen LogP contribution >= 0.6 is 12.8 Å². The molecular weight excluding hydrogens is 288 g/mol. The van der Waals surface area contributed by atoms with Crippen LogP contribution in [-0.2, 0) is 11.3 Å². The van der Waals surface area contributed by atoms with Crippen molar-refractivity contribution < 1.29 is 14.3 Å². The Morgan fingerprint density at radius 1 is 1.48 bits per heavy atom. The molecule has 0 N–H and O–H groups in total. The van der Waals surface area contributed by atoms with Gasteiger partial charge in [-0.2, -0.15) is 0 Å². The smallest absolute Gasteiger partial charge is 0.338 e. The van der Waals surface area contributed by atoms with Crippen LogP contribution in [0.2, 0.25) is 0 Å². The average Bonchev–Trinajstić information content (AvgIpc) is 2.90. The fourth-order valence-electron chi connectivity index (χ4n) is 1.88. The van der Waals surface area contributed by atoms with Crippen LogP contribution in [0.15, 0.2) is 37.0 Å². The van der Waals surface area contributed by atoms with E-state index in [1.807, 2.05) is 6.07 Å². The first kappa shape index (κ1) is 15.2. The molecule has 5 nitrogen and oxygen atoms in total. The molecule has 0 aliphatic carbocycles. The second kappa shape index (κ2) is 6.99. The van der Waals surface area contributed by atoms with E-state index in [9.17, 15) is 4.79 Å². The standard InChI is InChI=1S/C15H16N2O3S/c1-3-11-6-5-7-12(15(18)19-4-2)13(11)10-20-14-8-9-17(21)16-14/h3,5-9,21H,1,4,10H2,2H3. The van der Waals surface area contributed by atoms with Crippen molar-refractivity contribution in [1.29, 1.82) is 0 Å². The van der Waals surface area contributed by atoms with Crippen molar-refractivity contribution in [3.63, 3.8) is 0 Å². The fraction of sp³-hybridized carbons (Fsp3) is 0.200. The molecule has 0 bridgehead atoms. The number of aromatic nitrogens is 2. The molecule has 0 atom stereocenters. The van der Waals surface area contributed by atoms with Crippen LogP contribution in [-0.4, -0.2) is 21.8 Å². The van der Waals surface area contributed by atoms with Gasteiger partial charge >= 0.3 is 5.97 Å². The summed E-state index contributed by atoms with van der Waals surface area (Å²) in [6, 6.07) is 7.05. The summed E-state index contributed by atoms with van der Waals surface area (Å²) < 4.78 is 12.0. The minimum atomic E-state index is -0.375. The van der Waals surface area contributed by atoms with Crippen LogP contribution in [0.5, 0.6) is 5.88 Å². The van der Waals surface area contributed by atoms with Gasteiger partial charge < -0.3 is 9.47 Å². The van der Waals surface area contributed by atoms with Crippen molar-refractivity contribution in [2.45, 2.75) is 13.5 Å². The molecular formula is C15H16N2O3S. The molecule has 2 aromatic rings. The van der Waals surface area contributed by atoms with Crippen LogP contribution in [0.25, 0.3) is 6.08 Å². The number of carbonyl (C=O) groups excluding carboxylic acids is 1. The zero-order chi connectivity index (χ0) is 15.2. The highest BCUT2D eigenvalue weighted by Gasteiger charge is 2.15. The number of carbonyl (C=O) groups is 1. The zero-order valence-electron chi connectivity index (χ0n) is 11.7. The van der Waals surface area contributed by atoms with Gasteiger partial charge in [0.2, 0.25) is 5.88 Å². The Balaban J connectivity index is 2.26. The zero-order valence-corrected chi connectivity index (χ0v) is 12.5. The third kappa shape index (κ3) is 3.66. The van der Waals surface area contributed by atoms with Crippen LogP contribution in [0.3, 0.4) is 0 Å². The Bertz CT molecular complexity index is 652. The van der Waals surface area contributed by atoms with Crippen molar-refractivity contribution in [1.82, 2.24) is 9.19 Å². The summed E-state index contributed by atoms with van der Waals surface area (Å²) >= 11 is 4.04. The molecule has 0 fully saturated rings. The Morgan fingerprint density at radius 3 is 2.90 bits per heavy atom. The van der Waals surface area contributed by atoms with Crippen LogP contribution < -0.4 is 4.74 Å². The number of nitrogens with zero attached hydrogens (tertiary/aromatic N) is 2.